The Labute approximate surface area is 67.6 Å². The molecule has 1 aromatic heterocycles. The lowest BCUT2D eigenvalue weighted by Crippen LogP contribution is -2.15. The van der Waals surface area contributed by atoms with Gasteiger partial charge in [0.25, 0.3) is 5.56 Å². The van der Waals surface area contributed by atoms with E-state index < -0.39 is 0 Å². The first-order valence-electron chi connectivity index (χ1n) is 2.95. The molecule has 11 heavy (non-hydrogen) atoms. The summed E-state index contributed by atoms with van der Waals surface area (Å²) in [6, 6.07) is 0. The summed E-state index contributed by atoms with van der Waals surface area (Å²) < 4.78 is 0.258. The largest absolute Gasteiger partial charge is 0.391 e. The van der Waals surface area contributed by atoms with E-state index in [1.54, 1.807) is 7.05 Å². The molecule has 0 atom stereocenters. The highest BCUT2D eigenvalue weighted by atomic mass is 32.1. The molecule has 0 aliphatic rings. The van der Waals surface area contributed by atoms with Gasteiger partial charge in [0.05, 0.1) is 0 Å². The Hall–Kier alpha value is -1.30. The van der Waals surface area contributed by atoms with Crippen LogP contribution in [0.4, 0.5) is 11.5 Å². The van der Waals surface area contributed by atoms with E-state index >= 15 is 0 Å². The number of anilines is 2. The summed E-state index contributed by atoms with van der Waals surface area (Å²) >= 11 is 4.71. The van der Waals surface area contributed by atoms with Crippen LogP contribution < -0.4 is 16.6 Å². The van der Waals surface area contributed by atoms with Gasteiger partial charge < -0.3 is 16.0 Å². The molecule has 0 unspecified atom stereocenters. The van der Waals surface area contributed by atoms with Crippen LogP contribution in [0.5, 0.6) is 0 Å². The second-order valence-corrected chi connectivity index (χ2v) is 2.36. The van der Waals surface area contributed by atoms with Crippen LogP contribution in [-0.2, 0) is 0 Å². The second kappa shape index (κ2) is 2.75. The molecule has 0 amide bonds. The minimum absolute atomic E-state index is 0.112. The molecule has 0 saturated carbocycles. The van der Waals surface area contributed by atoms with Crippen molar-refractivity contribution in [2.45, 2.75) is 0 Å². The normalized spacial score (nSPS) is 9.55. The van der Waals surface area contributed by atoms with E-state index in [1.807, 2.05) is 0 Å². The summed E-state index contributed by atoms with van der Waals surface area (Å²) in [6.45, 7) is 0. The maximum Gasteiger partial charge on any atom is 0.277 e. The van der Waals surface area contributed by atoms with Crippen molar-refractivity contribution in [1.82, 2.24) is 9.97 Å². The van der Waals surface area contributed by atoms with E-state index in [2.05, 4.69) is 15.3 Å². The summed E-state index contributed by atoms with van der Waals surface area (Å²) in [5, 5.41) is 2.71. The molecule has 1 heterocycles. The molecule has 1 aromatic rings. The predicted molar refractivity (Wildman–Crippen MR) is 46.2 cm³/mol. The molecule has 0 fully saturated rings. The first kappa shape index (κ1) is 7.80. The number of aromatic nitrogens is 2. The molecule has 0 aliphatic carbocycles. The van der Waals surface area contributed by atoms with Crippen molar-refractivity contribution >= 4 is 23.7 Å². The molecular weight excluding hydrogens is 164 g/mol. The van der Waals surface area contributed by atoms with Crippen LogP contribution in [0.1, 0.15) is 0 Å². The first-order valence-corrected chi connectivity index (χ1v) is 3.36. The van der Waals surface area contributed by atoms with Crippen LogP contribution in [0.2, 0.25) is 0 Å². The van der Waals surface area contributed by atoms with Crippen molar-refractivity contribution in [2.24, 2.45) is 0 Å². The van der Waals surface area contributed by atoms with E-state index in [9.17, 15) is 4.79 Å². The highest BCUT2D eigenvalue weighted by molar-refractivity contribution is 7.71. The summed E-state index contributed by atoms with van der Waals surface area (Å²) in [4.78, 5) is 16.0. The van der Waals surface area contributed by atoms with Gasteiger partial charge in [-0.2, -0.15) is 0 Å². The number of hydrogen-bond acceptors (Lipinski definition) is 4. The molecule has 0 saturated heterocycles. The molecule has 5 N–H and O–H groups in total. The highest BCUT2D eigenvalue weighted by Crippen LogP contribution is 2.05. The average Bonchev–Trinajstić information content (AvgIpc) is 1.96. The van der Waals surface area contributed by atoms with Crippen molar-refractivity contribution in [3.8, 4) is 0 Å². The zero-order chi connectivity index (χ0) is 8.43. The zero-order valence-electron chi connectivity index (χ0n) is 5.89. The van der Waals surface area contributed by atoms with Gasteiger partial charge in [0.15, 0.2) is 4.77 Å². The Morgan fingerprint density at radius 3 is 2.73 bits per heavy atom. The van der Waals surface area contributed by atoms with Gasteiger partial charge in [-0.05, 0) is 12.2 Å². The fourth-order valence-electron chi connectivity index (χ4n) is 0.693. The van der Waals surface area contributed by atoms with E-state index in [4.69, 9.17) is 18.0 Å². The third-order valence-electron chi connectivity index (χ3n) is 1.23. The van der Waals surface area contributed by atoms with Gasteiger partial charge in [0, 0.05) is 7.05 Å². The van der Waals surface area contributed by atoms with Crippen LogP contribution in [0.15, 0.2) is 4.79 Å². The molecule has 0 aromatic carbocycles. The van der Waals surface area contributed by atoms with Crippen molar-refractivity contribution in [3.05, 3.63) is 15.1 Å². The molecule has 0 aliphatic heterocycles. The maximum atomic E-state index is 10.9. The Kier molecular flexibility index (Phi) is 1.95. The number of H-pyrrole nitrogens is 2. The number of rotatable bonds is 1. The van der Waals surface area contributed by atoms with Gasteiger partial charge in [-0.3, -0.25) is 9.78 Å². The van der Waals surface area contributed by atoms with Crippen molar-refractivity contribution in [3.63, 3.8) is 0 Å². The third kappa shape index (κ3) is 1.40. The summed E-state index contributed by atoms with van der Waals surface area (Å²) in [6.07, 6.45) is 0. The number of aromatic amines is 2. The third-order valence-corrected chi connectivity index (χ3v) is 1.43. The van der Waals surface area contributed by atoms with E-state index in [0.29, 0.717) is 5.82 Å². The van der Waals surface area contributed by atoms with Gasteiger partial charge >= 0.3 is 0 Å². The molecule has 0 bridgehead atoms. The number of hydrogen-bond donors (Lipinski definition) is 4. The SMILES string of the molecule is CNc1[nH]c(=S)[nH]c(=O)c1N. The predicted octanol–water partition coefficient (Wildman–Crippen LogP) is 0.0564. The fraction of sp³-hybridized carbons (Fsp3) is 0.200. The van der Waals surface area contributed by atoms with E-state index in [1.165, 1.54) is 0 Å². The first-order chi connectivity index (χ1) is 5.15. The van der Waals surface area contributed by atoms with Crippen LogP contribution in [-0.4, -0.2) is 17.0 Å². The Morgan fingerprint density at radius 1 is 1.55 bits per heavy atom. The minimum Gasteiger partial charge on any atom is -0.391 e. The molecule has 0 spiro atoms. The van der Waals surface area contributed by atoms with Crippen molar-refractivity contribution in [1.29, 1.82) is 0 Å². The fourth-order valence-corrected chi connectivity index (χ4v) is 0.888. The molecule has 6 heteroatoms. The summed E-state index contributed by atoms with van der Waals surface area (Å²) in [5.41, 5.74) is 5.11. The Balaban J connectivity index is 3.49. The second-order valence-electron chi connectivity index (χ2n) is 1.95. The molecule has 0 radical (unpaired) electrons. The van der Waals surface area contributed by atoms with Crippen LogP contribution >= 0.6 is 12.2 Å². The monoisotopic (exact) mass is 172 g/mol. The maximum absolute atomic E-state index is 10.9. The summed E-state index contributed by atoms with van der Waals surface area (Å²) in [5.74, 6) is 0.443. The number of nitrogen functional groups attached to an aromatic ring is 1. The molecule has 60 valence electrons. The smallest absolute Gasteiger partial charge is 0.277 e. The standard InChI is InChI=1S/C5H8N4OS/c1-7-3-2(6)4(10)9-5(11)8-3/h6H2,1H3,(H3,7,8,9,10,11). The summed E-state index contributed by atoms with van der Waals surface area (Å²) in [7, 11) is 1.65. The number of nitrogens with two attached hydrogens (primary N) is 1. The lowest BCUT2D eigenvalue weighted by Gasteiger charge is -2.01. The topological polar surface area (TPSA) is 86.7 Å². The van der Waals surface area contributed by atoms with Crippen LogP contribution in [0.3, 0.4) is 0 Å². The zero-order valence-corrected chi connectivity index (χ0v) is 6.71. The van der Waals surface area contributed by atoms with E-state index in [-0.39, 0.29) is 16.0 Å². The van der Waals surface area contributed by atoms with Crippen molar-refractivity contribution in [2.75, 3.05) is 18.1 Å². The van der Waals surface area contributed by atoms with Crippen molar-refractivity contribution < 1.29 is 0 Å². The molecule has 5 nitrogen and oxygen atoms in total. The average molecular weight is 172 g/mol. The molecular formula is C5H8N4OS. The van der Waals surface area contributed by atoms with Gasteiger partial charge in [0.2, 0.25) is 0 Å². The lowest BCUT2D eigenvalue weighted by atomic mass is 10.5. The quantitative estimate of drug-likeness (QED) is 0.451. The van der Waals surface area contributed by atoms with Gasteiger partial charge in [-0.15, -0.1) is 0 Å². The van der Waals surface area contributed by atoms with Crippen LogP contribution in [0.25, 0.3) is 0 Å². The van der Waals surface area contributed by atoms with Gasteiger partial charge in [-0.25, -0.2) is 0 Å². The molecule has 1 rings (SSSR count). The minimum atomic E-state index is -0.377. The highest BCUT2D eigenvalue weighted by Gasteiger charge is 1.99. The van der Waals surface area contributed by atoms with E-state index in [0.717, 1.165) is 0 Å². The Bertz CT molecular complexity index is 365. The lowest BCUT2D eigenvalue weighted by molar-refractivity contribution is 1.09. The van der Waals surface area contributed by atoms with Gasteiger partial charge in [-0.1, -0.05) is 0 Å². The van der Waals surface area contributed by atoms with Gasteiger partial charge in [0.1, 0.15) is 11.5 Å². The number of nitrogens with one attached hydrogen (secondary N) is 3. The van der Waals surface area contributed by atoms with Crippen LogP contribution in [0, 0.1) is 4.77 Å². The Morgan fingerprint density at radius 2 is 2.18 bits per heavy atom.